The third-order valence-corrected chi connectivity index (χ3v) is 3.25. The lowest BCUT2D eigenvalue weighted by atomic mass is 10.1. The molecule has 0 unspecified atom stereocenters. The van der Waals surface area contributed by atoms with Crippen LogP contribution < -0.4 is 0 Å². The van der Waals surface area contributed by atoms with Crippen molar-refractivity contribution in [2.45, 2.75) is 25.3 Å². The molecule has 0 radical (unpaired) electrons. The van der Waals surface area contributed by atoms with Crippen LogP contribution >= 0.6 is 0 Å². The standard InChI is InChI=1S/C13H15F2NO2/c14-11-4-3-9(6-12(11)15)7-13(18)16-5-1-2-10(16)8-17/h3-4,6,10,17H,1-2,5,7-8H2/t10-/m1/s1. The minimum atomic E-state index is -0.944. The molecule has 0 spiro atoms. The Kier molecular flexibility index (Phi) is 3.91. The van der Waals surface area contributed by atoms with Crippen LogP contribution in [0, 0.1) is 11.6 Å². The average Bonchev–Trinajstić information content (AvgIpc) is 2.82. The van der Waals surface area contributed by atoms with Crippen molar-refractivity contribution in [2.75, 3.05) is 13.2 Å². The van der Waals surface area contributed by atoms with Crippen LogP contribution in [-0.2, 0) is 11.2 Å². The molecule has 18 heavy (non-hydrogen) atoms. The van der Waals surface area contributed by atoms with Crippen molar-refractivity contribution in [1.29, 1.82) is 0 Å². The lowest BCUT2D eigenvalue weighted by molar-refractivity contribution is -0.131. The Balaban J connectivity index is 2.04. The predicted octanol–water partition coefficient (Wildman–Crippen LogP) is 1.49. The Morgan fingerprint density at radius 1 is 1.39 bits per heavy atom. The Morgan fingerprint density at radius 3 is 2.83 bits per heavy atom. The normalized spacial score (nSPS) is 19.3. The molecule has 0 saturated carbocycles. The van der Waals surface area contributed by atoms with E-state index in [1.807, 2.05) is 0 Å². The van der Waals surface area contributed by atoms with Crippen LogP contribution in [0.3, 0.4) is 0 Å². The van der Waals surface area contributed by atoms with E-state index in [0.29, 0.717) is 12.1 Å². The van der Waals surface area contributed by atoms with Crippen molar-refractivity contribution in [2.24, 2.45) is 0 Å². The highest BCUT2D eigenvalue weighted by atomic mass is 19.2. The molecule has 3 nitrogen and oxygen atoms in total. The number of carbonyl (C=O) groups is 1. The summed E-state index contributed by atoms with van der Waals surface area (Å²) in [4.78, 5) is 13.6. The van der Waals surface area contributed by atoms with Gasteiger partial charge in [0.1, 0.15) is 0 Å². The molecule has 1 heterocycles. The number of aliphatic hydroxyl groups is 1. The fourth-order valence-corrected chi connectivity index (χ4v) is 2.28. The molecule has 98 valence electrons. The van der Waals surface area contributed by atoms with Gasteiger partial charge in [-0.25, -0.2) is 8.78 Å². The number of likely N-dealkylation sites (tertiary alicyclic amines) is 1. The number of nitrogens with zero attached hydrogens (tertiary/aromatic N) is 1. The molecule has 2 rings (SSSR count). The van der Waals surface area contributed by atoms with E-state index in [2.05, 4.69) is 0 Å². The van der Waals surface area contributed by atoms with Gasteiger partial charge < -0.3 is 10.0 Å². The first-order valence-corrected chi connectivity index (χ1v) is 5.96. The Morgan fingerprint density at radius 2 is 2.17 bits per heavy atom. The molecule has 1 atom stereocenters. The van der Waals surface area contributed by atoms with E-state index >= 15 is 0 Å². The zero-order valence-corrected chi connectivity index (χ0v) is 9.90. The van der Waals surface area contributed by atoms with Crippen molar-refractivity contribution in [3.05, 3.63) is 35.4 Å². The molecule has 1 aliphatic heterocycles. The van der Waals surface area contributed by atoms with E-state index in [0.717, 1.165) is 25.0 Å². The maximum absolute atomic E-state index is 13.0. The van der Waals surface area contributed by atoms with Crippen molar-refractivity contribution < 1.29 is 18.7 Å². The topological polar surface area (TPSA) is 40.5 Å². The summed E-state index contributed by atoms with van der Waals surface area (Å²) < 4.78 is 25.8. The Bertz CT molecular complexity index is 451. The lowest BCUT2D eigenvalue weighted by Gasteiger charge is -2.23. The molecule has 0 aromatic heterocycles. The maximum atomic E-state index is 13.0. The minimum absolute atomic E-state index is 0.0354. The highest BCUT2D eigenvalue weighted by Gasteiger charge is 2.27. The first kappa shape index (κ1) is 13.0. The van der Waals surface area contributed by atoms with Crippen LogP contribution in [0.4, 0.5) is 8.78 Å². The van der Waals surface area contributed by atoms with Crippen molar-refractivity contribution in [3.8, 4) is 0 Å². The Hall–Kier alpha value is -1.49. The largest absolute Gasteiger partial charge is 0.394 e. The van der Waals surface area contributed by atoms with Crippen molar-refractivity contribution >= 4 is 5.91 Å². The number of halogens is 2. The van der Waals surface area contributed by atoms with Gasteiger partial charge in [0.05, 0.1) is 19.1 Å². The quantitative estimate of drug-likeness (QED) is 0.889. The van der Waals surface area contributed by atoms with E-state index in [1.165, 1.54) is 6.07 Å². The predicted molar refractivity (Wildman–Crippen MR) is 61.9 cm³/mol. The third-order valence-electron chi connectivity index (χ3n) is 3.25. The molecular formula is C13H15F2NO2. The first-order valence-electron chi connectivity index (χ1n) is 5.96. The van der Waals surface area contributed by atoms with Crippen molar-refractivity contribution in [3.63, 3.8) is 0 Å². The van der Waals surface area contributed by atoms with Crippen LogP contribution in [0.15, 0.2) is 18.2 Å². The molecule has 1 fully saturated rings. The molecule has 1 aromatic carbocycles. The summed E-state index contributed by atoms with van der Waals surface area (Å²) in [5.74, 6) is -2.02. The second-order valence-corrected chi connectivity index (χ2v) is 4.49. The second kappa shape index (κ2) is 5.44. The maximum Gasteiger partial charge on any atom is 0.227 e. The smallest absolute Gasteiger partial charge is 0.227 e. The molecule has 1 saturated heterocycles. The molecular weight excluding hydrogens is 240 g/mol. The minimum Gasteiger partial charge on any atom is -0.394 e. The number of hydrogen-bond donors (Lipinski definition) is 1. The number of aliphatic hydroxyl groups excluding tert-OH is 1. The van der Waals surface area contributed by atoms with Crippen LogP contribution in [-0.4, -0.2) is 35.1 Å². The molecule has 0 bridgehead atoms. The zero-order valence-electron chi connectivity index (χ0n) is 9.90. The number of carbonyl (C=O) groups excluding carboxylic acids is 1. The van der Waals surface area contributed by atoms with Crippen molar-refractivity contribution in [1.82, 2.24) is 4.90 Å². The summed E-state index contributed by atoms with van der Waals surface area (Å²) in [5, 5.41) is 9.13. The van der Waals surface area contributed by atoms with Gasteiger partial charge in [0.25, 0.3) is 0 Å². The van der Waals surface area contributed by atoms with E-state index in [9.17, 15) is 13.6 Å². The molecule has 1 aromatic rings. The summed E-state index contributed by atoms with van der Waals surface area (Å²) >= 11 is 0. The third kappa shape index (κ3) is 2.67. The first-order chi connectivity index (χ1) is 8.61. The van der Waals surface area contributed by atoms with Gasteiger partial charge in [0.15, 0.2) is 11.6 Å². The fraction of sp³-hybridized carbons (Fsp3) is 0.462. The van der Waals surface area contributed by atoms with Gasteiger partial charge in [-0.2, -0.15) is 0 Å². The molecule has 1 amide bonds. The van der Waals surface area contributed by atoms with Crippen LogP contribution in [0.5, 0.6) is 0 Å². The van der Waals surface area contributed by atoms with Crippen LogP contribution in [0.2, 0.25) is 0 Å². The van der Waals surface area contributed by atoms with Gasteiger partial charge in [-0.05, 0) is 30.5 Å². The number of hydrogen-bond acceptors (Lipinski definition) is 2. The van der Waals surface area contributed by atoms with Crippen LogP contribution in [0.25, 0.3) is 0 Å². The van der Waals surface area contributed by atoms with Gasteiger partial charge >= 0.3 is 0 Å². The molecule has 1 aliphatic rings. The number of benzene rings is 1. The molecule has 5 heteroatoms. The van der Waals surface area contributed by atoms with Gasteiger partial charge in [0.2, 0.25) is 5.91 Å². The fourth-order valence-electron chi connectivity index (χ4n) is 2.28. The van der Waals surface area contributed by atoms with E-state index < -0.39 is 11.6 Å². The highest BCUT2D eigenvalue weighted by Crippen LogP contribution is 2.18. The van der Waals surface area contributed by atoms with E-state index in [4.69, 9.17) is 5.11 Å². The summed E-state index contributed by atoms with van der Waals surface area (Å²) in [6, 6.07) is 3.33. The van der Waals surface area contributed by atoms with Crippen LogP contribution in [0.1, 0.15) is 18.4 Å². The van der Waals surface area contributed by atoms with Gasteiger partial charge in [-0.15, -0.1) is 0 Å². The summed E-state index contributed by atoms with van der Waals surface area (Å²) in [5.41, 5.74) is 0.447. The molecule has 1 N–H and O–H groups in total. The highest BCUT2D eigenvalue weighted by molar-refractivity contribution is 5.79. The van der Waals surface area contributed by atoms with Gasteiger partial charge in [0, 0.05) is 6.54 Å². The molecule has 0 aliphatic carbocycles. The zero-order chi connectivity index (χ0) is 13.1. The number of rotatable bonds is 3. The lowest BCUT2D eigenvalue weighted by Crippen LogP contribution is -2.38. The average molecular weight is 255 g/mol. The monoisotopic (exact) mass is 255 g/mol. The van der Waals surface area contributed by atoms with Gasteiger partial charge in [-0.1, -0.05) is 6.07 Å². The summed E-state index contributed by atoms with van der Waals surface area (Å²) in [6.45, 7) is 0.567. The summed E-state index contributed by atoms with van der Waals surface area (Å²) in [6.07, 6.45) is 1.70. The second-order valence-electron chi connectivity index (χ2n) is 4.49. The van der Waals surface area contributed by atoms with E-state index in [1.54, 1.807) is 4.90 Å². The Labute approximate surface area is 104 Å². The SMILES string of the molecule is O=C(Cc1ccc(F)c(F)c1)N1CCC[C@@H]1CO. The summed E-state index contributed by atoms with van der Waals surface area (Å²) in [7, 11) is 0. The van der Waals surface area contributed by atoms with E-state index in [-0.39, 0.29) is 25.0 Å². The number of amides is 1. The van der Waals surface area contributed by atoms with Gasteiger partial charge in [-0.3, -0.25) is 4.79 Å².